The summed E-state index contributed by atoms with van der Waals surface area (Å²) in [7, 11) is 0. The molecule has 0 spiro atoms. The number of hydrogen-bond donors (Lipinski definition) is 2. The second-order valence-electron chi connectivity index (χ2n) is 12.1. The van der Waals surface area contributed by atoms with Crippen LogP contribution in [0.5, 0.6) is 0 Å². The number of unbranched alkanes of at least 4 members (excludes halogenated alkanes) is 18. The number of amides is 1. The van der Waals surface area contributed by atoms with Crippen LogP contribution in [0, 0.1) is 5.92 Å². The van der Waals surface area contributed by atoms with Crippen LogP contribution in [0.3, 0.4) is 0 Å². The zero-order valence-corrected chi connectivity index (χ0v) is 26.5. The van der Waals surface area contributed by atoms with E-state index in [9.17, 15) is 4.79 Å². The topological polar surface area (TPSA) is 69.1 Å². The molecule has 0 saturated heterocycles. The Balaban J connectivity index is 0. The summed E-state index contributed by atoms with van der Waals surface area (Å²) in [4.78, 5) is 10.6. The quantitative estimate of drug-likeness (QED) is 0.105. The van der Waals surface area contributed by atoms with Crippen molar-refractivity contribution in [3.05, 3.63) is 0 Å². The summed E-state index contributed by atoms with van der Waals surface area (Å²) in [5, 5.41) is 0. The zero-order chi connectivity index (χ0) is 28.0. The van der Waals surface area contributed by atoms with Crippen LogP contribution < -0.4 is 11.5 Å². The smallest absolute Gasteiger partial charge is 0.220 e. The molecule has 0 fully saturated rings. The highest BCUT2D eigenvalue weighted by molar-refractivity contribution is 5.76. The fraction of sp³-hybridized carbons (Fsp3) is 0.971. The second-order valence-corrected chi connectivity index (χ2v) is 12.1. The van der Waals surface area contributed by atoms with Gasteiger partial charge in [0.15, 0.2) is 0 Å². The lowest BCUT2D eigenvalue weighted by atomic mass is 9.82. The molecule has 0 aliphatic heterocycles. The summed E-state index contributed by atoms with van der Waals surface area (Å²) < 4.78 is 0. The van der Waals surface area contributed by atoms with Crippen LogP contribution in [0.4, 0.5) is 0 Å². The molecule has 0 aromatic heterocycles. The maximum atomic E-state index is 10.6. The Labute approximate surface area is 235 Å². The minimum absolute atomic E-state index is 0.0619. The summed E-state index contributed by atoms with van der Waals surface area (Å²) in [5.74, 6) is -0.103. The molecule has 0 aliphatic rings. The predicted octanol–water partition coefficient (Wildman–Crippen LogP) is 11.0. The lowest BCUT2D eigenvalue weighted by molar-refractivity contribution is -0.121. The van der Waals surface area contributed by atoms with Crippen LogP contribution in [0.25, 0.3) is 0 Å². The molecule has 224 valence electrons. The first kappa shape index (κ1) is 38.6. The van der Waals surface area contributed by atoms with Gasteiger partial charge in [0.1, 0.15) is 0 Å². The fourth-order valence-corrected chi connectivity index (χ4v) is 5.17. The zero-order valence-electron chi connectivity index (χ0n) is 26.5. The first-order chi connectivity index (χ1) is 17.9. The van der Waals surface area contributed by atoms with Gasteiger partial charge < -0.3 is 11.5 Å². The Hall–Kier alpha value is -0.570. The van der Waals surface area contributed by atoms with Crippen molar-refractivity contribution in [2.24, 2.45) is 17.4 Å². The molecule has 3 heteroatoms. The van der Waals surface area contributed by atoms with Gasteiger partial charge in [0.05, 0.1) is 0 Å². The van der Waals surface area contributed by atoms with Crippen molar-refractivity contribution in [2.45, 2.75) is 207 Å². The average Bonchev–Trinajstić information content (AvgIpc) is 2.88. The van der Waals surface area contributed by atoms with Gasteiger partial charge in [0.25, 0.3) is 0 Å². The highest BCUT2D eigenvalue weighted by Crippen LogP contribution is 2.27. The number of primary amides is 1. The van der Waals surface area contributed by atoms with Crippen LogP contribution in [0.2, 0.25) is 0 Å². The van der Waals surface area contributed by atoms with E-state index in [1.807, 2.05) is 6.92 Å². The average molecular weight is 525 g/mol. The lowest BCUT2D eigenvalue weighted by Gasteiger charge is -2.30. The summed E-state index contributed by atoms with van der Waals surface area (Å²) in [6.45, 7) is 11.0. The van der Waals surface area contributed by atoms with Crippen LogP contribution in [-0.4, -0.2) is 11.4 Å². The molecule has 3 nitrogen and oxygen atoms in total. The third-order valence-corrected chi connectivity index (χ3v) is 8.06. The van der Waals surface area contributed by atoms with Crippen molar-refractivity contribution in [3.8, 4) is 0 Å². The second kappa shape index (κ2) is 30.0. The van der Waals surface area contributed by atoms with Crippen molar-refractivity contribution >= 4 is 5.91 Å². The van der Waals surface area contributed by atoms with Gasteiger partial charge in [0, 0.05) is 11.5 Å². The number of nitrogens with two attached hydrogens (primary N) is 2. The molecule has 1 unspecified atom stereocenters. The molecule has 4 N–H and O–H groups in total. The summed E-state index contributed by atoms with van der Waals surface area (Å²) in [6.07, 6.45) is 34.6. The monoisotopic (exact) mass is 525 g/mol. The standard InChI is InChI=1S/C25H53N.C9H19NO/c1-4-7-10-13-16-19-22-25(26,23-20-17-14-11-8-5-2)24-21-18-15-12-9-6-3;1-3-4-5-6-7-8(2)9(10)11/h4-24,26H2,1-3H3;8H,3-7H2,1-2H3,(H2,10,11). The molecule has 0 aliphatic carbocycles. The number of hydrogen-bond acceptors (Lipinski definition) is 2. The van der Waals surface area contributed by atoms with Crippen molar-refractivity contribution in [1.82, 2.24) is 0 Å². The Morgan fingerprint density at radius 2 is 0.784 bits per heavy atom. The van der Waals surface area contributed by atoms with E-state index in [0.29, 0.717) is 0 Å². The van der Waals surface area contributed by atoms with Crippen LogP contribution in [0.1, 0.15) is 202 Å². The molecule has 0 aromatic carbocycles. The molecule has 0 saturated carbocycles. The van der Waals surface area contributed by atoms with E-state index in [4.69, 9.17) is 11.5 Å². The highest BCUT2D eigenvalue weighted by atomic mass is 16.1. The fourth-order valence-electron chi connectivity index (χ4n) is 5.17. The van der Waals surface area contributed by atoms with Gasteiger partial charge in [-0.3, -0.25) is 4.79 Å². The lowest BCUT2D eigenvalue weighted by Crippen LogP contribution is -2.39. The molecule has 0 rings (SSSR count). The largest absolute Gasteiger partial charge is 0.369 e. The number of carbonyl (C=O) groups is 1. The maximum absolute atomic E-state index is 10.6. The Bertz CT molecular complexity index is 410. The minimum Gasteiger partial charge on any atom is -0.369 e. The van der Waals surface area contributed by atoms with Crippen molar-refractivity contribution in [3.63, 3.8) is 0 Å². The SMILES string of the molecule is CCCCCCC(C)C(N)=O.CCCCCCCCC(N)(CCCCCCCC)CCCCCCCC. The van der Waals surface area contributed by atoms with Gasteiger partial charge in [-0.25, -0.2) is 0 Å². The Morgan fingerprint density at radius 1 is 0.514 bits per heavy atom. The first-order valence-electron chi connectivity index (χ1n) is 16.9. The molecular formula is C34H72N2O. The minimum atomic E-state index is -0.165. The molecule has 1 amide bonds. The van der Waals surface area contributed by atoms with E-state index in [-0.39, 0.29) is 17.4 Å². The highest BCUT2D eigenvalue weighted by Gasteiger charge is 2.23. The molecule has 0 radical (unpaired) electrons. The van der Waals surface area contributed by atoms with E-state index in [1.54, 1.807) is 0 Å². The predicted molar refractivity (Wildman–Crippen MR) is 168 cm³/mol. The third kappa shape index (κ3) is 29.8. The van der Waals surface area contributed by atoms with Crippen LogP contribution in [-0.2, 0) is 4.79 Å². The van der Waals surface area contributed by atoms with E-state index in [1.165, 1.54) is 154 Å². The summed E-state index contributed by atoms with van der Waals surface area (Å²) >= 11 is 0. The summed E-state index contributed by atoms with van der Waals surface area (Å²) in [5.41, 5.74) is 12.2. The van der Waals surface area contributed by atoms with Gasteiger partial charge in [-0.1, -0.05) is 176 Å². The van der Waals surface area contributed by atoms with Gasteiger partial charge in [-0.15, -0.1) is 0 Å². The molecule has 0 bridgehead atoms. The first-order valence-corrected chi connectivity index (χ1v) is 16.9. The molecule has 37 heavy (non-hydrogen) atoms. The normalized spacial score (nSPS) is 12.3. The molecule has 1 atom stereocenters. The van der Waals surface area contributed by atoms with E-state index in [2.05, 4.69) is 27.7 Å². The van der Waals surface area contributed by atoms with E-state index >= 15 is 0 Å². The van der Waals surface area contributed by atoms with Crippen LogP contribution in [0.15, 0.2) is 0 Å². The number of carbonyl (C=O) groups excluding carboxylic acids is 1. The van der Waals surface area contributed by atoms with Crippen molar-refractivity contribution in [2.75, 3.05) is 0 Å². The van der Waals surface area contributed by atoms with E-state index in [0.717, 1.165) is 12.8 Å². The Kier molecular flexibility index (Phi) is 31.3. The summed E-state index contributed by atoms with van der Waals surface area (Å²) in [6, 6.07) is 0. The van der Waals surface area contributed by atoms with Crippen LogP contribution >= 0.6 is 0 Å². The number of rotatable bonds is 27. The maximum Gasteiger partial charge on any atom is 0.220 e. The Morgan fingerprint density at radius 3 is 1.08 bits per heavy atom. The van der Waals surface area contributed by atoms with Crippen molar-refractivity contribution in [1.29, 1.82) is 0 Å². The van der Waals surface area contributed by atoms with Gasteiger partial charge >= 0.3 is 0 Å². The molecular weight excluding hydrogens is 452 g/mol. The van der Waals surface area contributed by atoms with Gasteiger partial charge in [-0.05, 0) is 25.7 Å². The van der Waals surface area contributed by atoms with Gasteiger partial charge in [-0.2, -0.15) is 0 Å². The third-order valence-electron chi connectivity index (χ3n) is 8.06. The molecule has 0 aromatic rings. The molecule has 0 heterocycles. The van der Waals surface area contributed by atoms with E-state index < -0.39 is 0 Å². The van der Waals surface area contributed by atoms with Crippen molar-refractivity contribution < 1.29 is 4.79 Å². The van der Waals surface area contributed by atoms with Gasteiger partial charge in [0.2, 0.25) is 5.91 Å².